The monoisotopic (exact) mass is 314 g/mol. The van der Waals surface area contributed by atoms with Crippen LogP contribution >= 0.6 is 0 Å². The van der Waals surface area contributed by atoms with E-state index in [0.29, 0.717) is 5.69 Å². The maximum atomic E-state index is 12.3. The number of nitrogens with one attached hydrogen (secondary N) is 3. The molecule has 0 unspecified atom stereocenters. The molecule has 23 heavy (non-hydrogen) atoms. The molecular formula is C14H10N4O5. The zero-order valence-corrected chi connectivity index (χ0v) is 11.5. The first-order chi connectivity index (χ1) is 11.0. The summed E-state index contributed by atoms with van der Waals surface area (Å²) in [6.07, 6.45) is 0.921. The average Bonchev–Trinajstić information content (AvgIpc) is 2.79. The Kier molecular flexibility index (Phi) is 3.30. The lowest BCUT2D eigenvalue weighted by Gasteiger charge is -2.13. The van der Waals surface area contributed by atoms with Gasteiger partial charge in [0, 0.05) is 0 Å². The van der Waals surface area contributed by atoms with Crippen LogP contribution in [-0.4, -0.2) is 26.9 Å². The molecular weight excluding hydrogens is 304 g/mol. The molecule has 0 atom stereocenters. The Morgan fingerprint density at radius 2 is 1.70 bits per heavy atom. The summed E-state index contributed by atoms with van der Waals surface area (Å²) in [5.41, 5.74) is 0.235. The molecule has 0 saturated carbocycles. The molecule has 1 aliphatic rings. The highest BCUT2D eigenvalue weighted by Crippen LogP contribution is 2.21. The maximum Gasteiger partial charge on any atom is 0.328 e. The van der Waals surface area contributed by atoms with E-state index in [2.05, 4.69) is 5.43 Å². The molecule has 9 heteroatoms. The lowest BCUT2D eigenvalue weighted by atomic mass is 10.1. The number of hydrogen-bond donors (Lipinski definition) is 4. The highest BCUT2D eigenvalue weighted by molar-refractivity contribution is 6.31. The molecule has 0 bridgehead atoms. The number of carbonyl (C=O) groups is 2. The van der Waals surface area contributed by atoms with Gasteiger partial charge in [0.25, 0.3) is 17.4 Å². The largest absolute Gasteiger partial charge is 0.494 e. The first-order valence-electron chi connectivity index (χ1n) is 6.45. The number of rotatable bonds is 2. The summed E-state index contributed by atoms with van der Waals surface area (Å²) < 4.78 is 0. The predicted octanol–water partition coefficient (Wildman–Crippen LogP) is -0.770. The third-order valence-corrected chi connectivity index (χ3v) is 3.15. The van der Waals surface area contributed by atoms with Crippen molar-refractivity contribution in [3.63, 3.8) is 0 Å². The lowest BCUT2D eigenvalue weighted by molar-refractivity contribution is -0.117. The van der Waals surface area contributed by atoms with Gasteiger partial charge in [-0.2, -0.15) is 0 Å². The molecule has 9 nitrogen and oxygen atoms in total. The maximum absolute atomic E-state index is 12.3. The summed E-state index contributed by atoms with van der Waals surface area (Å²) in [4.78, 5) is 50.8. The van der Waals surface area contributed by atoms with Gasteiger partial charge in [-0.3, -0.25) is 29.8 Å². The lowest BCUT2D eigenvalue weighted by Crippen LogP contribution is -2.35. The van der Waals surface area contributed by atoms with Crippen LogP contribution < -0.4 is 21.7 Å². The predicted molar refractivity (Wildman–Crippen MR) is 79.4 cm³/mol. The Balaban J connectivity index is 2.05. The van der Waals surface area contributed by atoms with Crippen molar-refractivity contribution in [2.24, 2.45) is 0 Å². The van der Waals surface area contributed by atoms with Crippen molar-refractivity contribution >= 4 is 23.6 Å². The van der Waals surface area contributed by atoms with Crippen molar-refractivity contribution in [3.05, 3.63) is 62.3 Å². The smallest absolute Gasteiger partial charge is 0.328 e. The molecule has 3 rings (SSSR count). The van der Waals surface area contributed by atoms with E-state index in [1.165, 1.54) is 0 Å². The van der Waals surface area contributed by atoms with Crippen LogP contribution in [0.4, 0.5) is 5.69 Å². The second kappa shape index (κ2) is 5.30. The summed E-state index contributed by atoms with van der Waals surface area (Å²) >= 11 is 0. The number of aromatic hydroxyl groups is 1. The molecule has 1 aliphatic heterocycles. The minimum Gasteiger partial charge on any atom is -0.494 e. The number of anilines is 1. The third-order valence-electron chi connectivity index (χ3n) is 3.15. The van der Waals surface area contributed by atoms with E-state index in [1.807, 2.05) is 9.97 Å². The summed E-state index contributed by atoms with van der Waals surface area (Å²) in [6, 6.07) is 8.36. The second-order valence-electron chi connectivity index (χ2n) is 4.65. The van der Waals surface area contributed by atoms with E-state index in [1.54, 1.807) is 30.3 Å². The number of para-hydroxylation sites is 1. The fraction of sp³-hybridized carbons (Fsp3) is 0. The third kappa shape index (κ3) is 2.50. The normalized spacial score (nSPS) is 16.0. The fourth-order valence-electron chi connectivity index (χ4n) is 2.08. The van der Waals surface area contributed by atoms with Gasteiger partial charge in [-0.1, -0.05) is 18.2 Å². The number of aromatic nitrogens is 2. The Bertz CT molecular complexity index is 942. The molecule has 1 aromatic carbocycles. The molecule has 2 amide bonds. The highest BCUT2D eigenvalue weighted by Gasteiger charge is 2.34. The van der Waals surface area contributed by atoms with Gasteiger partial charge in [0.1, 0.15) is 11.1 Å². The molecule has 0 radical (unpaired) electrons. The second-order valence-corrected chi connectivity index (χ2v) is 4.65. The topological polar surface area (TPSA) is 135 Å². The van der Waals surface area contributed by atoms with E-state index in [-0.39, 0.29) is 5.57 Å². The van der Waals surface area contributed by atoms with Gasteiger partial charge < -0.3 is 5.11 Å². The van der Waals surface area contributed by atoms with E-state index >= 15 is 0 Å². The molecule has 2 heterocycles. The Morgan fingerprint density at radius 3 is 2.35 bits per heavy atom. The van der Waals surface area contributed by atoms with Crippen molar-refractivity contribution in [3.8, 4) is 5.88 Å². The average molecular weight is 314 g/mol. The van der Waals surface area contributed by atoms with Crippen LogP contribution in [0.5, 0.6) is 5.88 Å². The van der Waals surface area contributed by atoms with Gasteiger partial charge in [-0.05, 0) is 18.2 Å². The summed E-state index contributed by atoms with van der Waals surface area (Å²) in [5, 5.41) is 10.6. The SMILES string of the molecule is O=C1NN(c2ccccc2)C(=O)/C1=C\c1c(O)[nH]c(=O)[nH]c1=O. The molecule has 2 aromatic rings. The number of amides is 2. The number of carbonyl (C=O) groups excluding carboxylic acids is 2. The molecule has 0 aliphatic carbocycles. The van der Waals surface area contributed by atoms with E-state index in [9.17, 15) is 24.3 Å². The van der Waals surface area contributed by atoms with Crippen molar-refractivity contribution < 1.29 is 14.7 Å². The number of nitrogens with zero attached hydrogens (tertiary/aromatic N) is 1. The molecule has 0 spiro atoms. The molecule has 4 N–H and O–H groups in total. The van der Waals surface area contributed by atoms with Crippen LogP contribution in [0.25, 0.3) is 6.08 Å². The number of benzene rings is 1. The number of hydrogen-bond acceptors (Lipinski definition) is 5. The van der Waals surface area contributed by atoms with Gasteiger partial charge >= 0.3 is 5.69 Å². The van der Waals surface area contributed by atoms with Crippen LogP contribution in [-0.2, 0) is 9.59 Å². The van der Waals surface area contributed by atoms with E-state index in [4.69, 9.17) is 0 Å². The molecule has 1 fully saturated rings. The van der Waals surface area contributed by atoms with E-state index < -0.39 is 34.5 Å². The summed E-state index contributed by atoms with van der Waals surface area (Å²) in [6.45, 7) is 0. The van der Waals surface area contributed by atoms with Gasteiger partial charge in [-0.25, -0.2) is 9.80 Å². The van der Waals surface area contributed by atoms with E-state index in [0.717, 1.165) is 11.1 Å². The fourth-order valence-corrected chi connectivity index (χ4v) is 2.08. The highest BCUT2D eigenvalue weighted by atomic mass is 16.3. The zero-order valence-electron chi connectivity index (χ0n) is 11.5. The van der Waals surface area contributed by atoms with Gasteiger partial charge in [-0.15, -0.1) is 0 Å². The van der Waals surface area contributed by atoms with Crippen LogP contribution in [0.3, 0.4) is 0 Å². The van der Waals surface area contributed by atoms with Crippen LogP contribution in [0, 0.1) is 0 Å². The summed E-state index contributed by atoms with van der Waals surface area (Å²) in [5.74, 6) is -2.15. The molecule has 1 saturated heterocycles. The van der Waals surface area contributed by atoms with Crippen LogP contribution in [0.1, 0.15) is 5.56 Å². The van der Waals surface area contributed by atoms with Gasteiger partial charge in [0.2, 0.25) is 5.88 Å². The van der Waals surface area contributed by atoms with Gasteiger partial charge in [0.05, 0.1) is 5.69 Å². The Labute approximate surface area is 127 Å². The van der Waals surface area contributed by atoms with Crippen molar-refractivity contribution in [2.45, 2.75) is 0 Å². The van der Waals surface area contributed by atoms with Crippen LogP contribution in [0.2, 0.25) is 0 Å². The first-order valence-corrected chi connectivity index (χ1v) is 6.45. The van der Waals surface area contributed by atoms with Crippen molar-refractivity contribution in [1.29, 1.82) is 0 Å². The first kappa shape index (κ1) is 14.3. The van der Waals surface area contributed by atoms with Gasteiger partial charge in [0.15, 0.2) is 0 Å². The van der Waals surface area contributed by atoms with Crippen molar-refractivity contribution in [1.82, 2.24) is 15.4 Å². The minimum absolute atomic E-state index is 0.346. The quantitative estimate of drug-likeness (QED) is 0.426. The number of aromatic amines is 2. The van der Waals surface area contributed by atoms with Crippen molar-refractivity contribution in [2.75, 3.05) is 5.01 Å². The zero-order chi connectivity index (χ0) is 16.6. The minimum atomic E-state index is -0.919. The standard InChI is InChI=1S/C14H10N4O5/c19-10-8(11(20)16-14(23)15-10)6-9-12(21)17-18(13(9)22)7-4-2-1-3-5-7/h1-6H,(H,17,21)(H3,15,16,19,20,23)/b9-6-. The molecule has 1 aromatic heterocycles. The molecule has 116 valence electrons. The Morgan fingerprint density at radius 1 is 1.00 bits per heavy atom. The Hall–Kier alpha value is -3.62. The van der Waals surface area contributed by atoms with Crippen LogP contribution in [0.15, 0.2) is 45.5 Å². The number of hydrazine groups is 1. The summed E-state index contributed by atoms with van der Waals surface area (Å²) in [7, 11) is 0. The number of H-pyrrole nitrogens is 2.